The zero-order valence-electron chi connectivity index (χ0n) is 11.5. The van der Waals surface area contributed by atoms with Gasteiger partial charge in [0.25, 0.3) is 10.0 Å². The van der Waals surface area contributed by atoms with Crippen LogP contribution in [0.25, 0.3) is 0 Å². The maximum absolute atomic E-state index is 12.4. The second kappa shape index (κ2) is 6.25. The molecule has 0 aliphatic carbocycles. The SMILES string of the molecule is CN(C)c1cccc(NS(=O)(=O)c2ccc(Br)cc2Cl)c1. The Kier molecular flexibility index (Phi) is 4.81. The summed E-state index contributed by atoms with van der Waals surface area (Å²) in [5, 5.41) is 0.167. The van der Waals surface area contributed by atoms with E-state index in [2.05, 4.69) is 20.7 Å². The van der Waals surface area contributed by atoms with E-state index >= 15 is 0 Å². The summed E-state index contributed by atoms with van der Waals surface area (Å²) in [5.74, 6) is 0. The van der Waals surface area contributed by atoms with Gasteiger partial charge in [-0.2, -0.15) is 0 Å². The van der Waals surface area contributed by atoms with Crippen molar-refractivity contribution >= 4 is 48.9 Å². The van der Waals surface area contributed by atoms with Crippen LogP contribution in [0.2, 0.25) is 5.02 Å². The van der Waals surface area contributed by atoms with Gasteiger partial charge in [0.05, 0.1) is 10.7 Å². The third kappa shape index (κ3) is 3.90. The van der Waals surface area contributed by atoms with E-state index in [-0.39, 0.29) is 9.92 Å². The fourth-order valence-electron chi connectivity index (χ4n) is 1.75. The molecule has 2 aromatic rings. The molecule has 0 radical (unpaired) electrons. The Labute approximate surface area is 137 Å². The highest BCUT2D eigenvalue weighted by molar-refractivity contribution is 9.10. The molecule has 0 atom stereocenters. The predicted molar refractivity (Wildman–Crippen MR) is 90.7 cm³/mol. The monoisotopic (exact) mass is 388 g/mol. The van der Waals surface area contributed by atoms with Crippen LogP contribution < -0.4 is 9.62 Å². The van der Waals surface area contributed by atoms with Crippen molar-refractivity contribution in [2.45, 2.75) is 4.90 Å². The van der Waals surface area contributed by atoms with Crippen LogP contribution in [0, 0.1) is 0 Å². The van der Waals surface area contributed by atoms with E-state index in [0.29, 0.717) is 5.69 Å². The lowest BCUT2D eigenvalue weighted by Crippen LogP contribution is -2.14. The Morgan fingerprint density at radius 1 is 1.14 bits per heavy atom. The van der Waals surface area contributed by atoms with Crippen molar-refractivity contribution in [2.24, 2.45) is 0 Å². The van der Waals surface area contributed by atoms with Gasteiger partial charge in [-0.25, -0.2) is 8.42 Å². The first-order chi connectivity index (χ1) is 9.79. The van der Waals surface area contributed by atoms with Crippen molar-refractivity contribution in [3.8, 4) is 0 Å². The Morgan fingerprint density at radius 2 is 1.86 bits per heavy atom. The fourth-order valence-corrected chi connectivity index (χ4v) is 3.84. The van der Waals surface area contributed by atoms with Gasteiger partial charge in [-0.05, 0) is 36.4 Å². The molecular formula is C14H14BrClN2O2S. The van der Waals surface area contributed by atoms with E-state index in [0.717, 1.165) is 10.2 Å². The molecule has 0 saturated carbocycles. The van der Waals surface area contributed by atoms with Crippen molar-refractivity contribution in [1.29, 1.82) is 0 Å². The van der Waals surface area contributed by atoms with E-state index in [9.17, 15) is 8.42 Å². The topological polar surface area (TPSA) is 49.4 Å². The minimum Gasteiger partial charge on any atom is -0.378 e. The Hall–Kier alpha value is -1.24. The summed E-state index contributed by atoms with van der Waals surface area (Å²) in [4.78, 5) is 1.94. The summed E-state index contributed by atoms with van der Waals surface area (Å²) in [6.45, 7) is 0. The number of nitrogens with zero attached hydrogens (tertiary/aromatic N) is 1. The molecule has 0 fully saturated rings. The molecule has 4 nitrogen and oxygen atoms in total. The van der Waals surface area contributed by atoms with Gasteiger partial charge in [0.2, 0.25) is 0 Å². The molecule has 0 amide bonds. The number of anilines is 2. The molecular weight excluding hydrogens is 376 g/mol. The van der Waals surface area contributed by atoms with Gasteiger partial charge in [-0.15, -0.1) is 0 Å². The van der Waals surface area contributed by atoms with E-state index in [1.807, 2.05) is 25.1 Å². The maximum atomic E-state index is 12.4. The summed E-state index contributed by atoms with van der Waals surface area (Å²) < 4.78 is 28.0. The molecule has 112 valence electrons. The van der Waals surface area contributed by atoms with Crippen LogP contribution in [0.1, 0.15) is 0 Å². The van der Waals surface area contributed by atoms with Crippen LogP contribution in [0.5, 0.6) is 0 Å². The quantitative estimate of drug-likeness (QED) is 0.861. The second-order valence-corrected chi connectivity index (χ2v) is 7.60. The van der Waals surface area contributed by atoms with Gasteiger partial charge < -0.3 is 4.90 Å². The summed E-state index contributed by atoms with van der Waals surface area (Å²) in [7, 11) is 0.0517. The summed E-state index contributed by atoms with van der Waals surface area (Å²) in [6, 6.07) is 11.8. The van der Waals surface area contributed by atoms with E-state index in [4.69, 9.17) is 11.6 Å². The lowest BCUT2D eigenvalue weighted by molar-refractivity contribution is 0.601. The number of halogens is 2. The molecule has 0 heterocycles. The second-order valence-electron chi connectivity index (χ2n) is 4.62. The minimum atomic E-state index is -3.72. The Morgan fingerprint density at radius 3 is 2.48 bits per heavy atom. The summed E-state index contributed by atoms with van der Waals surface area (Å²) >= 11 is 9.25. The average molecular weight is 390 g/mol. The zero-order valence-corrected chi connectivity index (χ0v) is 14.6. The van der Waals surface area contributed by atoms with Crippen LogP contribution in [-0.4, -0.2) is 22.5 Å². The molecule has 0 aliphatic rings. The number of nitrogens with one attached hydrogen (secondary N) is 1. The molecule has 21 heavy (non-hydrogen) atoms. The lowest BCUT2D eigenvalue weighted by Gasteiger charge is -2.15. The highest BCUT2D eigenvalue weighted by Gasteiger charge is 2.18. The van der Waals surface area contributed by atoms with Crippen LogP contribution in [-0.2, 0) is 10.0 Å². The van der Waals surface area contributed by atoms with Crippen molar-refractivity contribution < 1.29 is 8.42 Å². The fraction of sp³-hybridized carbons (Fsp3) is 0.143. The van der Waals surface area contributed by atoms with Crippen LogP contribution >= 0.6 is 27.5 Å². The largest absolute Gasteiger partial charge is 0.378 e. The highest BCUT2D eigenvalue weighted by atomic mass is 79.9. The van der Waals surface area contributed by atoms with Crippen molar-refractivity contribution in [2.75, 3.05) is 23.7 Å². The maximum Gasteiger partial charge on any atom is 0.263 e. The molecule has 2 rings (SSSR count). The molecule has 1 N–H and O–H groups in total. The predicted octanol–water partition coefficient (Wildman–Crippen LogP) is 3.97. The zero-order chi connectivity index (χ0) is 15.6. The number of sulfonamides is 1. The lowest BCUT2D eigenvalue weighted by atomic mass is 10.3. The van der Waals surface area contributed by atoms with Gasteiger partial charge >= 0.3 is 0 Å². The van der Waals surface area contributed by atoms with Gasteiger partial charge in [0.1, 0.15) is 4.90 Å². The first-order valence-corrected chi connectivity index (χ1v) is 8.70. The molecule has 0 aliphatic heterocycles. The van der Waals surface area contributed by atoms with Gasteiger partial charge in [-0.3, -0.25) is 4.72 Å². The number of rotatable bonds is 4. The molecule has 2 aromatic carbocycles. The third-order valence-corrected chi connectivity index (χ3v) is 5.16. The first-order valence-electron chi connectivity index (χ1n) is 6.05. The molecule has 0 bridgehead atoms. The molecule has 0 aromatic heterocycles. The number of hydrogen-bond acceptors (Lipinski definition) is 3. The average Bonchev–Trinajstić information content (AvgIpc) is 2.37. The Bertz CT molecular complexity index is 763. The number of hydrogen-bond donors (Lipinski definition) is 1. The summed E-state index contributed by atoms with van der Waals surface area (Å²) in [5.41, 5.74) is 1.39. The van der Waals surface area contributed by atoms with E-state index in [1.54, 1.807) is 30.3 Å². The van der Waals surface area contributed by atoms with E-state index in [1.165, 1.54) is 6.07 Å². The minimum absolute atomic E-state index is 0.0441. The third-order valence-electron chi connectivity index (χ3n) is 2.80. The van der Waals surface area contributed by atoms with Crippen molar-refractivity contribution in [3.63, 3.8) is 0 Å². The molecule has 0 unspecified atom stereocenters. The van der Waals surface area contributed by atoms with Crippen molar-refractivity contribution in [1.82, 2.24) is 0 Å². The smallest absolute Gasteiger partial charge is 0.263 e. The normalized spacial score (nSPS) is 11.2. The molecule has 0 spiro atoms. The standard InChI is InChI=1S/C14H14BrClN2O2S/c1-18(2)12-5-3-4-11(9-12)17-21(19,20)14-7-6-10(15)8-13(14)16/h3-9,17H,1-2H3. The van der Waals surface area contributed by atoms with Gasteiger partial charge in [-0.1, -0.05) is 33.6 Å². The molecule has 0 saturated heterocycles. The molecule has 7 heteroatoms. The van der Waals surface area contributed by atoms with Crippen LogP contribution in [0.3, 0.4) is 0 Å². The first kappa shape index (κ1) is 16.1. The highest BCUT2D eigenvalue weighted by Crippen LogP contribution is 2.27. The number of benzene rings is 2. The van der Waals surface area contributed by atoms with Crippen molar-refractivity contribution in [3.05, 3.63) is 52.0 Å². The van der Waals surface area contributed by atoms with Gasteiger partial charge in [0.15, 0.2) is 0 Å². The van der Waals surface area contributed by atoms with E-state index < -0.39 is 10.0 Å². The van der Waals surface area contributed by atoms with Gasteiger partial charge in [0, 0.05) is 24.3 Å². The van der Waals surface area contributed by atoms with Crippen LogP contribution in [0.15, 0.2) is 51.8 Å². The Balaban J connectivity index is 2.35. The van der Waals surface area contributed by atoms with Crippen LogP contribution in [0.4, 0.5) is 11.4 Å². The summed E-state index contributed by atoms with van der Waals surface area (Å²) in [6.07, 6.45) is 0.